The first kappa shape index (κ1) is 19.9. The maximum atomic E-state index is 12.2. The van der Waals surface area contributed by atoms with E-state index in [0.29, 0.717) is 35.2 Å². The van der Waals surface area contributed by atoms with Gasteiger partial charge in [-0.25, -0.2) is 0 Å². The van der Waals surface area contributed by atoms with Crippen molar-refractivity contribution in [1.82, 2.24) is 0 Å². The summed E-state index contributed by atoms with van der Waals surface area (Å²) in [6.45, 7) is 2.60. The van der Waals surface area contributed by atoms with E-state index in [-0.39, 0.29) is 5.91 Å². The van der Waals surface area contributed by atoms with Crippen LogP contribution in [0.25, 0.3) is 0 Å². The Morgan fingerprint density at radius 2 is 1.85 bits per heavy atom. The smallest absolute Gasteiger partial charge is 0.224 e. The van der Waals surface area contributed by atoms with Crippen LogP contribution in [0.3, 0.4) is 0 Å². The molecule has 0 bridgehead atoms. The molecule has 0 radical (unpaired) electrons. The van der Waals surface area contributed by atoms with E-state index < -0.39 is 0 Å². The molecule has 5 nitrogen and oxygen atoms in total. The summed E-state index contributed by atoms with van der Waals surface area (Å²) in [6.07, 6.45) is 1.92. The number of amides is 1. The number of unbranched alkanes of at least 4 members (excludes halogenated alkanes) is 1. The van der Waals surface area contributed by atoms with Gasteiger partial charge in [-0.15, -0.1) is 0 Å². The minimum Gasteiger partial charge on any atom is -0.495 e. The van der Waals surface area contributed by atoms with Crippen molar-refractivity contribution in [2.24, 2.45) is 0 Å². The number of halogens is 1. The molecule has 0 saturated carbocycles. The van der Waals surface area contributed by atoms with Crippen LogP contribution in [0.1, 0.15) is 24.8 Å². The number of nitrogens with one attached hydrogen (secondary N) is 1. The molecule has 0 fully saturated rings. The number of aryl methyl sites for hydroxylation is 1. The van der Waals surface area contributed by atoms with Crippen LogP contribution in [0.4, 0.5) is 5.69 Å². The van der Waals surface area contributed by atoms with Crippen molar-refractivity contribution in [2.75, 3.05) is 26.1 Å². The lowest BCUT2D eigenvalue weighted by atomic mass is 10.2. The number of benzene rings is 2. The highest BCUT2D eigenvalue weighted by Crippen LogP contribution is 2.35. The monoisotopic (exact) mass is 377 g/mol. The molecule has 0 aliphatic heterocycles. The average molecular weight is 378 g/mol. The molecule has 0 spiro atoms. The second kappa shape index (κ2) is 9.92. The zero-order chi connectivity index (χ0) is 18.9. The first-order valence-electron chi connectivity index (χ1n) is 8.44. The molecule has 6 heteroatoms. The van der Waals surface area contributed by atoms with E-state index >= 15 is 0 Å². The number of carbonyl (C=O) groups excluding carboxylic acids is 1. The largest absolute Gasteiger partial charge is 0.495 e. The van der Waals surface area contributed by atoms with Crippen LogP contribution in [-0.4, -0.2) is 26.7 Å². The van der Waals surface area contributed by atoms with Gasteiger partial charge in [0.2, 0.25) is 5.91 Å². The maximum absolute atomic E-state index is 12.2. The summed E-state index contributed by atoms with van der Waals surface area (Å²) in [4.78, 5) is 12.2. The SMILES string of the molecule is COc1cc(NC(=O)CCCCOc2cccc(C)c2)c(OC)cc1Cl. The van der Waals surface area contributed by atoms with Gasteiger partial charge in [-0.1, -0.05) is 23.7 Å². The molecule has 140 valence electrons. The second-order valence-corrected chi connectivity index (χ2v) is 6.26. The molecule has 0 saturated heterocycles. The number of ether oxygens (including phenoxy) is 3. The van der Waals surface area contributed by atoms with Crippen LogP contribution in [0.5, 0.6) is 17.2 Å². The van der Waals surface area contributed by atoms with E-state index in [1.54, 1.807) is 12.1 Å². The van der Waals surface area contributed by atoms with E-state index in [1.807, 2.05) is 31.2 Å². The molecule has 1 amide bonds. The number of hydrogen-bond acceptors (Lipinski definition) is 4. The molecule has 1 N–H and O–H groups in total. The third kappa shape index (κ3) is 5.85. The molecule has 0 aromatic heterocycles. The molecular weight excluding hydrogens is 354 g/mol. The first-order valence-corrected chi connectivity index (χ1v) is 8.82. The van der Waals surface area contributed by atoms with Crippen molar-refractivity contribution < 1.29 is 19.0 Å². The molecular formula is C20H24ClNO4. The Kier molecular flexibility index (Phi) is 7.60. The lowest BCUT2D eigenvalue weighted by Crippen LogP contribution is -2.12. The van der Waals surface area contributed by atoms with Crippen LogP contribution < -0.4 is 19.5 Å². The lowest BCUT2D eigenvalue weighted by molar-refractivity contribution is -0.116. The summed E-state index contributed by atoms with van der Waals surface area (Å²) in [5, 5.41) is 3.26. The molecule has 0 aliphatic rings. The van der Waals surface area contributed by atoms with E-state index in [1.165, 1.54) is 14.2 Å². The molecule has 2 rings (SSSR count). The summed E-state index contributed by atoms with van der Waals surface area (Å²) in [5.74, 6) is 1.73. The minimum absolute atomic E-state index is 0.0942. The fourth-order valence-corrected chi connectivity index (χ4v) is 2.68. The van der Waals surface area contributed by atoms with Gasteiger partial charge in [-0.05, 0) is 37.5 Å². The number of carbonyl (C=O) groups is 1. The minimum atomic E-state index is -0.0942. The second-order valence-electron chi connectivity index (χ2n) is 5.86. The fraction of sp³-hybridized carbons (Fsp3) is 0.350. The molecule has 0 aliphatic carbocycles. The predicted octanol–water partition coefficient (Wildman–Crippen LogP) is 4.85. The van der Waals surface area contributed by atoms with Gasteiger partial charge in [0.05, 0.1) is 31.5 Å². The third-order valence-electron chi connectivity index (χ3n) is 3.80. The Morgan fingerprint density at radius 1 is 1.08 bits per heavy atom. The summed E-state index contributed by atoms with van der Waals surface area (Å²) in [7, 11) is 3.05. The third-order valence-corrected chi connectivity index (χ3v) is 4.10. The average Bonchev–Trinajstić information content (AvgIpc) is 2.62. The van der Waals surface area contributed by atoms with Gasteiger partial charge in [0, 0.05) is 18.6 Å². The van der Waals surface area contributed by atoms with Crippen molar-refractivity contribution in [2.45, 2.75) is 26.2 Å². The highest BCUT2D eigenvalue weighted by Gasteiger charge is 2.12. The van der Waals surface area contributed by atoms with Crippen molar-refractivity contribution in [3.8, 4) is 17.2 Å². The van der Waals surface area contributed by atoms with Crippen LogP contribution in [0.15, 0.2) is 36.4 Å². The zero-order valence-electron chi connectivity index (χ0n) is 15.3. The van der Waals surface area contributed by atoms with E-state index in [9.17, 15) is 4.79 Å². The van der Waals surface area contributed by atoms with Gasteiger partial charge >= 0.3 is 0 Å². The zero-order valence-corrected chi connectivity index (χ0v) is 16.1. The quantitative estimate of drug-likeness (QED) is 0.634. The maximum Gasteiger partial charge on any atom is 0.224 e. The van der Waals surface area contributed by atoms with Crippen molar-refractivity contribution in [3.05, 3.63) is 47.0 Å². The van der Waals surface area contributed by atoms with Gasteiger partial charge in [0.25, 0.3) is 0 Å². The van der Waals surface area contributed by atoms with Gasteiger partial charge < -0.3 is 19.5 Å². The standard InChI is InChI=1S/C20H24ClNO4/c1-14-7-6-8-15(11-14)26-10-5-4-9-20(23)22-17-13-18(24-2)16(21)12-19(17)25-3/h6-8,11-13H,4-5,9-10H2,1-3H3,(H,22,23). The van der Waals surface area contributed by atoms with Gasteiger partial charge in [-0.3, -0.25) is 4.79 Å². The number of hydrogen-bond donors (Lipinski definition) is 1. The Balaban J connectivity index is 1.78. The number of methoxy groups -OCH3 is 2. The molecule has 0 atom stereocenters. The van der Waals surface area contributed by atoms with Crippen molar-refractivity contribution >= 4 is 23.2 Å². The van der Waals surface area contributed by atoms with Crippen LogP contribution in [0.2, 0.25) is 5.02 Å². The Labute approximate surface area is 159 Å². The Hall–Kier alpha value is -2.40. The topological polar surface area (TPSA) is 56.8 Å². The molecule has 2 aromatic rings. The lowest BCUT2D eigenvalue weighted by Gasteiger charge is -2.13. The van der Waals surface area contributed by atoms with Crippen LogP contribution in [-0.2, 0) is 4.79 Å². The Morgan fingerprint density at radius 3 is 2.54 bits per heavy atom. The molecule has 0 unspecified atom stereocenters. The predicted molar refractivity (Wildman–Crippen MR) is 104 cm³/mol. The normalized spacial score (nSPS) is 10.3. The van der Waals surface area contributed by atoms with E-state index in [2.05, 4.69) is 5.32 Å². The van der Waals surface area contributed by atoms with Gasteiger partial charge in [0.1, 0.15) is 17.2 Å². The number of anilines is 1. The van der Waals surface area contributed by atoms with Gasteiger partial charge in [-0.2, -0.15) is 0 Å². The molecule has 0 heterocycles. The van der Waals surface area contributed by atoms with Crippen molar-refractivity contribution in [3.63, 3.8) is 0 Å². The Bertz CT molecular complexity index is 749. The number of rotatable bonds is 9. The first-order chi connectivity index (χ1) is 12.5. The highest BCUT2D eigenvalue weighted by atomic mass is 35.5. The fourth-order valence-electron chi connectivity index (χ4n) is 2.45. The summed E-state index contributed by atoms with van der Waals surface area (Å²) in [5.41, 5.74) is 1.70. The van der Waals surface area contributed by atoms with Crippen LogP contribution in [0, 0.1) is 6.92 Å². The summed E-state index contributed by atoms with van der Waals surface area (Å²) < 4.78 is 16.1. The summed E-state index contributed by atoms with van der Waals surface area (Å²) in [6, 6.07) is 11.2. The van der Waals surface area contributed by atoms with Crippen LogP contribution >= 0.6 is 11.6 Å². The van der Waals surface area contributed by atoms with Gasteiger partial charge in [0.15, 0.2) is 0 Å². The van der Waals surface area contributed by atoms with E-state index in [4.69, 9.17) is 25.8 Å². The molecule has 26 heavy (non-hydrogen) atoms. The molecule has 2 aromatic carbocycles. The summed E-state index contributed by atoms with van der Waals surface area (Å²) >= 11 is 6.06. The highest BCUT2D eigenvalue weighted by molar-refractivity contribution is 6.32. The van der Waals surface area contributed by atoms with Crippen molar-refractivity contribution in [1.29, 1.82) is 0 Å². The van der Waals surface area contributed by atoms with E-state index in [0.717, 1.165) is 24.2 Å².